The van der Waals surface area contributed by atoms with Crippen LogP contribution in [-0.2, 0) is 10.3 Å². The molecule has 1 aromatic carbocycles. The van der Waals surface area contributed by atoms with Crippen molar-refractivity contribution in [2.24, 2.45) is 0 Å². The van der Waals surface area contributed by atoms with Gasteiger partial charge in [0.25, 0.3) is 0 Å². The van der Waals surface area contributed by atoms with Crippen molar-refractivity contribution in [3.8, 4) is 0 Å². The van der Waals surface area contributed by atoms with Crippen LogP contribution in [0, 0.1) is 0 Å². The highest BCUT2D eigenvalue weighted by Gasteiger charge is 2.40. The molecule has 1 aliphatic rings. The lowest BCUT2D eigenvalue weighted by atomic mass is 9.93. The molecule has 3 heteroatoms. The van der Waals surface area contributed by atoms with Crippen LogP contribution in [0.5, 0.6) is 0 Å². The van der Waals surface area contributed by atoms with Crippen LogP contribution in [-0.4, -0.2) is 24.6 Å². The summed E-state index contributed by atoms with van der Waals surface area (Å²) < 4.78 is 5.43. The number of rotatable bonds is 2. The summed E-state index contributed by atoms with van der Waals surface area (Å²) >= 11 is 0. The Bertz CT molecular complexity index is 424. The largest absolute Gasteiger partial charge is 0.436 e. The quantitative estimate of drug-likeness (QED) is 0.785. The summed E-state index contributed by atoms with van der Waals surface area (Å²) in [5, 5.41) is 0. The maximum Gasteiger partial charge on any atom is 0.410 e. The van der Waals surface area contributed by atoms with E-state index in [1.165, 1.54) is 5.56 Å². The number of cyclic esters (lactones) is 1. The molecule has 1 unspecified atom stereocenters. The van der Waals surface area contributed by atoms with Crippen LogP contribution in [0.15, 0.2) is 24.3 Å². The number of carbonyl (C=O) groups excluding carboxylic acids is 1. The highest BCUT2D eigenvalue weighted by molar-refractivity contribution is 5.70. The lowest BCUT2D eigenvalue weighted by molar-refractivity contribution is 0.0701. The first-order valence-corrected chi connectivity index (χ1v) is 5.97. The van der Waals surface area contributed by atoms with Crippen LogP contribution < -0.4 is 0 Å². The Hall–Kier alpha value is -1.51. The van der Waals surface area contributed by atoms with E-state index in [2.05, 4.69) is 38.1 Å². The zero-order chi connectivity index (χ0) is 12.6. The Morgan fingerprint density at radius 1 is 1.29 bits per heavy atom. The normalized spacial score (nSPS) is 24.3. The van der Waals surface area contributed by atoms with E-state index in [1.807, 2.05) is 6.92 Å². The topological polar surface area (TPSA) is 29.5 Å². The van der Waals surface area contributed by atoms with Gasteiger partial charge in [-0.25, -0.2) is 4.79 Å². The van der Waals surface area contributed by atoms with E-state index in [0.717, 1.165) is 5.56 Å². The molecule has 2 rings (SSSR count). The molecule has 1 aromatic rings. The molecule has 1 fully saturated rings. The molecule has 0 radical (unpaired) electrons. The van der Waals surface area contributed by atoms with E-state index in [4.69, 9.17) is 4.74 Å². The number of likely N-dealkylation sites (N-methyl/N-ethyl adjacent to an activating group) is 1. The molecule has 92 valence electrons. The predicted molar refractivity (Wildman–Crippen MR) is 67.0 cm³/mol. The number of benzene rings is 1. The predicted octanol–water partition coefficient (Wildman–Crippen LogP) is 3.11. The fourth-order valence-electron chi connectivity index (χ4n) is 2.19. The van der Waals surface area contributed by atoms with Crippen LogP contribution in [0.3, 0.4) is 0 Å². The second kappa shape index (κ2) is 4.06. The molecule has 1 saturated heterocycles. The van der Waals surface area contributed by atoms with Gasteiger partial charge in [-0.2, -0.15) is 0 Å². The lowest BCUT2D eigenvalue weighted by Gasteiger charge is -2.22. The Morgan fingerprint density at radius 3 is 2.29 bits per heavy atom. The van der Waals surface area contributed by atoms with Gasteiger partial charge in [-0.1, -0.05) is 38.1 Å². The molecule has 0 bridgehead atoms. The summed E-state index contributed by atoms with van der Waals surface area (Å²) in [4.78, 5) is 13.0. The molecule has 17 heavy (non-hydrogen) atoms. The van der Waals surface area contributed by atoms with E-state index >= 15 is 0 Å². The van der Waals surface area contributed by atoms with Gasteiger partial charge < -0.3 is 9.64 Å². The molecule has 0 N–H and O–H groups in total. The van der Waals surface area contributed by atoms with Crippen molar-refractivity contribution in [1.82, 2.24) is 4.90 Å². The zero-order valence-electron chi connectivity index (χ0n) is 10.9. The summed E-state index contributed by atoms with van der Waals surface area (Å²) in [6, 6.07) is 8.33. The standard InChI is InChI=1S/C14H19NO2/c1-10(2)11-5-7-12(8-6-11)14(3)9-15(4)13(16)17-14/h5-8,10H,9H2,1-4H3. The Balaban J connectivity index is 2.26. The van der Waals surface area contributed by atoms with Gasteiger partial charge in [0.15, 0.2) is 5.60 Å². The molecular formula is C14H19NO2. The molecule has 0 aliphatic carbocycles. The summed E-state index contributed by atoms with van der Waals surface area (Å²) in [7, 11) is 1.76. The van der Waals surface area contributed by atoms with E-state index < -0.39 is 5.60 Å². The van der Waals surface area contributed by atoms with Crippen molar-refractivity contribution in [3.63, 3.8) is 0 Å². The van der Waals surface area contributed by atoms with Crippen molar-refractivity contribution in [1.29, 1.82) is 0 Å². The Kier molecular flexibility index (Phi) is 2.86. The Labute approximate surface area is 102 Å². The van der Waals surface area contributed by atoms with Gasteiger partial charge in [-0.05, 0) is 24.0 Å². The first-order chi connectivity index (χ1) is 7.92. The van der Waals surface area contributed by atoms with Crippen molar-refractivity contribution >= 4 is 6.09 Å². The van der Waals surface area contributed by atoms with Gasteiger partial charge in [0.05, 0.1) is 6.54 Å². The van der Waals surface area contributed by atoms with Gasteiger partial charge >= 0.3 is 6.09 Å². The van der Waals surface area contributed by atoms with E-state index in [-0.39, 0.29) is 6.09 Å². The van der Waals surface area contributed by atoms with Crippen molar-refractivity contribution < 1.29 is 9.53 Å². The van der Waals surface area contributed by atoms with E-state index in [9.17, 15) is 4.79 Å². The summed E-state index contributed by atoms with van der Waals surface area (Å²) in [6.45, 7) is 6.89. The van der Waals surface area contributed by atoms with Crippen molar-refractivity contribution in [3.05, 3.63) is 35.4 Å². The molecular weight excluding hydrogens is 214 g/mol. The SMILES string of the molecule is CC(C)c1ccc(C2(C)CN(C)C(=O)O2)cc1. The summed E-state index contributed by atoms with van der Waals surface area (Å²) in [6.07, 6.45) is -0.250. The first kappa shape index (κ1) is 12.0. The molecule has 1 atom stereocenters. The summed E-state index contributed by atoms with van der Waals surface area (Å²) in [5.74, 6) is 0.519. The van der Waals surface area contributed by atoms with Gasteiger partial charge in [0.1, 0.15) is 0 Å². The van der Waals surface area contributed by atoms with Gasteiger partial charge in [0, 0.05) is 7.05 Å². The fraction of sp³-hybridized carbons (Fsp3) is 0.500. The minimum Gasteiger partial charge on any atom is -0.436 e. The van der Waals surface area contributed by atoms with Crippen LogP contribution in [0.2, 0.25) is 0 Å². The molecule has 1 heterocycles. The number of nitrogens with zero attached hydrogens (tertiary/aromatic N) is 1. The average Bonchev–Trinajstić information content (AvgIpc) is 2.54. The van der Waals surface area contributed by atoms with E-state index in [1.54, 1.807) is 11.9 Å². The number of ether oxygens (including phenoxy) is 1. The third-order valence-corrected chi connectivity index (χ3v) is 3.35. The second-order valence-electron chi connectivity index (χ2n) is 5.23. The molecule has 0 spiro atoms. The molecule has 1 aliphatic heterocycles. The summed E-state index contributed by atoms with van der Waals surface area (Å²) in [5.41, 5.74) is 1.84. The lowest BCUT2D eigenvalue weighted by Crippen LogP contribution is -2.27. The Morgan fingerprint density at radius 2 is 1.88 bits per heavy atom. The average molecular weight is 233 g/mol. The molecule has 0 saturated carbocycles. The van der Waals surface area contributed by atoms with Gasteiger partial charge in [0.2, 0.25) is 0 Å². The molecule has 1 amide bonds. The highest BCUT2D eigenvalue weighted by atomic mass is 16.6. The minimum atomic E-state index is -0.513. The molecule has 3 nitrogen and oxygen atoms in total. The van der Waals surface area contributed by atoms with Crippen LogP contribution in [0.25, 0.3) is 0 Å². The monoisotopic (exact) mass is 233 g/mol. The van der Waals surface area contributed by atoms with Crippen molar-refractivity contribution in [2.45, 2.75) is 32.3 Å². The fourth-order valence-corrected chi connectivity index (χ4v) is 2.19. The van der Waals surface area contributed by atoms with Crippen molar-refractivity contribution in [2.75, 3.05) is 13.6 Å². The minimum absolute atomic E-state index is 0.250. The van der Waals surface area contributed by atoms with Crippen LogP contribution >= 0.6 is 0 Å². The van der Waals surface area contributed by atoms with Gasteiger partial charge in [-0.15, -0.1) is 0 Å². The number of hydrogen-bond donors (Lipinski definition) is 0. The molecule has 0 aromatic heterocycles. The number of hydrogen-bond acceptors (Lipinski definition) is 2. The van der Waals surface area contributed by atoms with Crippen LogP contribution in [0.4, 0.5) is 4.79 Å². The number of amides is 1. The number of carbonyl (C=O) groups is 1. The van der Waals surface area contributed by atoms with E-state index in [0.29, 0.717) is 12.5 Å². The maximum atomic E-state index is 11.4. The third kappa shape index (κ3) is 2.14. The smallest absolute Gasteiger partial charge is 0.410 e. The highest BCUT2D eigenvalue weighted by Crippen LogP contribution is 2.32. The van der Waals surface area contributed by atoms with Gasteiger partial charge in [-0.3, -0.25) is 0 Å². The van der Waals surface area contributed by atoms with Crippen LogP contribution in [0.1, 0.15) is 37.8 Å². The third-order valence-electron chi connectivity index (χ3n) is 3.35. The first-order valence-electron chi connectivity index (χ1n) is 5.97. The zero-order valence-corrected chi connectivity index (χ0v) is 10.9. The second-order valence-corrected chi connectivity index (χ2v) is 5.23. The maximum absolute atomic E-state index is 11.4.